The lowest BCUT2D eigenvalue weighted by atomic mass is 10.0. The topological polar surface area (TPSA) is 0 Å². The van der Waals surface area contributed by atoms with Gasteiger partial charge in [0.2, 0.25) is 0 Å². The van der Waals surface area contributed by atoms with Crippen molar-refractivity contribution in [2.45, 2.75) is 6.92 Å². The number of aryl methyl sites for hydroxylation is 1. The van der Waals surface area contributed by atoms with E-state index in [2.05, 4.69) is 122 Å². The first kappa shape index (κ1) is 16.3. The number of nitrogens with zero attached hydrogens (tertiary/aromatic N) is 1. The lowest BCUT2D eigenvalue weighted by Gasteiger charge is -2.37. The van der Waals surface area contributed by atoms with Crippen molar-refractivity contribution in [1.82, 2.24) is 4.48 Å². The maximum Gasteiger partial charge on any atom is 0.151 e. The van der Waals surface area contributed by atoms with E-state index in [0.29, 0.717) is 4.48 Å². The van der Waals surface area contributed by atoms with E-state index < -0.39 is 0 Å². The molecule has 0 aliphatic rings. The van der Waals surface area contributed by atoms with E-state index in [0.717, 1.165) is 0 Å². The SMILES string of the molecule is Cc1ccccc1[N+](c1ccccc1)(c1ccccc1)c1ccccc1. The highest BCUT2D eigenvalue weighted by atomic mass is 15.4. The van der Waals surface area contributed by atoms with Gasteiger partial charge in [-0.15, -0.1) is 0 Å². The first-order valence-corrected chi connectivity index (χ1v) is 8.95. The summed E-state index contributed by atoms with van der Waals surface area (Å²) < 4.78 is 0.565. The Labute approximate surface area is 155 Å². The molecular weight excluding hydrogens is 314 g/mol. The van der Waals surface area contributed by atoms with Gasteiger partial charge in [0, 0.05) is 48.0 Å². The fourth-order valence-electron chi connectivity index (χ4n) is 3.76. The van der Waals surface area contributed by atoms with Crippen LogP contribution in [0.3, 0.4) is 0 Å². The van der Waals surface area contributed by atoms with Crippen LogP contribution >= 0.6 is 0 Å². The molecule has 1 heteroatoms. The number of rotatable bonds is 4. The molecule has 0 aliphatic heterocycles. The van der Waals surface area contributed by atoms with Crippen molar-refractivity contribution in [1.29, 1.82) is 0 Å². The summed E-state index contributed by atoms with van der Waals surface area (Å²) in [6, 6.07) is 40.9. The van der Waals surface area contributed by atoms with Gasteiger partial charge in [-0.1, -0.05) is 72.8 Å². The zero-order valence-electron chi connectivity index (χ0n) is 14.9. The van der Waals surface area contributed by atoms with Gasteiger partial charge in [0.05, 0.1) is 0 Å². The molecule has 0 aromatic heterocycles. The maximum absolute atomic E-state index is 2.24. The normalized spacial score (nSPS) is 11.3. The van der Waals surface area contributed by atoms with Crippen LogP contribution in [0.4, 0.5) is 22.7 Å². The van der Waals surface area contributed by atoms with E-state index in [1.165, 1.54) is 28.3 Å². The van der Waals surface area contributed by atoms with E-state index in [4.69, 9.17) is 0 Å². The fraction of sp³-hybridized carbons (Fsp3) is 0.0400. The zero-order valence-corrected chi connectivity index (χ0v) is 14.9. The first-order valence-electron chi connectivity index (χ1n) is 8.95. The molecule has 4 aromatic carbocycles. The van der Waals surface area contributed by atoms with Crippen LogP contribution in [0.15, 0.2) is 115 Å². The van der Waals surface area contributed by atoms with Crippen LogP contribution in [0.2, 0.25) is 0 Å². The molecule has 0 unspecified atom stereocenters. The highest BCUT2D eigenvalue weighted by Gasteiger charge is 2.39. The molecule has 4 rings (SSSR count). The van der Waals surface area contributed by atoms with Gasteiger partial charge < -0.3 is 0 Å². The molecule has 0 heterocycles. The van der Waals surface area contributed by atoms with Crippen molar-refractivity contribution in [2.75, 3.05) is 0 Å². The molecule has 0 amide bonds. The summed E-state index contributed by atoms with van der Waals surface area (Å²) in [5.41, 5.74) is 6.19. The van der Waals surface area contributed by atoms with Gasteiger partial charge in [-0.25, -0.2) is 0 Å². The summed E-state index contributed by atoms with van der Waals surface area (Å²) in [5, 5.41) is 0. The summed E-state index contributed by atoms with van der Waals surface area (Å²) in [7, 11) is 0. The number of quaternary nitrogens is 1. The highest BCUT2D eigenvalue weighted by molar-refractivity contribution is 5.82. The van der Waals surface area contributed by atoms with Gasteiger partial charge in [-0.05, 0) is 6.92 Å². The van der Waals surface area contributed by atoms with Crippen molar-refractivity contribution < 1.29 is 0 Å². The lowest BCUT2D eigenvalue weighted by Crippen LogP contribution is -2.33. The van der Waals surface area contributed by atoms with Crippen molar-refractivity contribution in [3.63, 3.8) is 0 Å². The molecule has 126 valence electrons. The number of para-hydroxylation sites is 4. The smallest absolute Gasteiger partial charge is 0.151 e. The van der Waals surface area contributed by atoms with E-state index in [1.54, 1.807) is 0 Å². The van der Waals surface area contributed by atoms with E-state index in [9.17, 15) is 0 Å². The second-order valence-electron chi connectivity index (χ2n) is 6.46. The van der Waals surface area contributed by atoms with Crippen LogP contribution in [-0.2, 0) is 0 Å². The highest BCUT2D eigenvalue weighted by Crippen LogP contribution is 2.51. The molecule has 26 heavy (non-hydrogen) atoms. The molecule has 0 saturated carbocycles. The molecule has 1 nitrogen and oxygen atoms in total. The summed E-state index contributed by atoms with van der Waals surface area (Å²) in [5.74, 6) is 0. The van der Waals surface area contributed by atoms with Gasteiger partial charge in [0.15, 0.2) is 5.69 Å². The van der Waals surface area contributed by atoms with Crippen LogP contribution in [0.1, 0.15) is 5.56 Å². The van der Waals surface area contributed by atoms with Gasteiger partial charge in [-0.2, -0.15) is 4.48 Å². The Morgan fingerprint density at radius 2 is 0.769 bits per heavy atom. The molecule has 0 aliphatic carbocycles. The fourth-order valence-corrected chi connectivity index (χ4v) is 3.76. The Kier molecular flexibility index (Phi) is 4.39. The Bertz CT molecular complexity index is 879. The van der Waals surface area contributed by atoms with Crippen LogP contribution in [-0.4, -0.2) is 0 Å². The van der Waals surface area contributed by atoms with E-state index >= 15 is 0 Å². The largest absolute Gasteiger partial charge is 0.194 e. The zero-order chi connectivity index (χ0) is 17.8. The van der Waals surface area contributed by atoms with E-state index in [1.807, 2.05) is 0 Å². The predicted octanol–water partition coefficient (Wildman–Crippen LogP) is 7.30. The monoisotopic (exact) mass is 336 g/mol. The molecule has 0 N–H and O–H groups in total. The first-order chi connectivity index (χ1) is 12.8. The summed E-state index contributed by atoms with van der Waals surface area (Å²) in [6.07, 6.45) is 0. The quantitative estimate of drug-likeness (QED) is 0.343. The van der Waals surface area contributed by atoms with E-state index in [-0.39, 0.29) is 0 Å². The number of hydrogen-bond donors (Lipinski definition) is 0. The summed E-state index contributed by atoms with van der Waals surface area (Å²) >= 11 is 0. The molecule has 0 radical (unpaired) electrons. The minimum absolute atomic E-state index is 0.565. The van der Waals surface area contributed by atoms with Gasteiger partial charge in [-0.3, -0.25) is 0 Å². The average molecular weight is 336 g/mol. The maximum atomic E-state index is 2.24. The third kappa shape index (κ3) is 2.63. The van der Waals surface area contributed by atoms with Gasteiger partial charge >= 0.3 is 0 Å². The van der Waals surface area contributed by atoms with Crippen molar-refractivity contribution in [2.24, 2.45) is 0 Å². The molecule has 0 saturated heterocycles. The summed E-state index contributed by atoms with van der Waals surface area (Å²) in [4.78, 5) is 0. The van der Waals surface area contributed by atoms with Crippen molar-refractivity contribution in [3.8, 4) is 0 Å². The Balaban J connectivity index is 2.17. The Hall–Kier alpha value is -3.16. The van der Waals surface area contributed by atoms with Crippen LogP contribution < -0.4 is 4.48 Å². The third-order valence-corrected chi connectivity index (χ3v) is 4.91. The van der Waals surface area contributed by atoms with Crippen molar-refractivity contribution >= 4 is 22.7 Å². The van der Waals surface area contributed by atoms with Gasteiger partial charge in [0.25, 0.3) is 0 Å². The predicted molar refractivity (Wildman–Crippen MR) is 111 cm³/mol. The third-order valence-electron chi connectivity index (χ3n) is 4.91. The number of hydrogen-bond acceptors (Lipinski definition) is 0. The van der Waals surface area contributed by atoms with Crippen LogP contribution in [0.25, 0.3) is 0 Å². The molecule has 0 fully saturated rings. The van der Waals surface area contributed by atoms with Crippen molar-refractivity contribution in [3.05, 3.63) is 121 Å². The minimum Gasteiger partial charge on any atom is -0.194 e. The summed E-state index contributed by atoms with van der Waals surface area (Å²) in [6.45, 7) is 2.19. The lowest BCUT2D eigenvalue weighted by molar-refractivity contribution is 0.699. The van der Waals surface area contributed by atoms with Crippen LogP contribution in [0.5, 0.6) is 0 Å². The second-order valence-corrected chi connectivity index (χ2v) is 6.46. The second kappa shape index (κ2) is 6.99. The minimum atomic E-state index is 0.565. The Morgan fingerprint density at radius 1 is 0.423 bits per heavy atom. The number of benzene rings is 4. The van der Waals surface area contributed by atoms with Gasteiger partial charge in [0.1, 0.15) is 17.1 Å². The van der Waals surface area contributed by atoms with Crippen LogP contribution in [0, 0.1) is 6.92 Å². The molecule has 0 bridgehead atoms. The molecule has 0 spiro atoms. The molecule has 0 atom stereocenters. The Morgan fingerprint density at radius 3 is 1.15 bits per heavy atom. The average Bonchev–Trinajstić information content (AvgIpc) is 2.72. The molecule has 4 aromatic rings. The standard InChI is InChI=1S/C25H22N/c1-21-13-11-12-20-25(21)26(22-14-5-2-6-15-22,23-16-7-3-8-17-23)24-18-9-4-10-19-24/h2-20H,1H3/q+1. The molecular formula is C25H22N+.